The van der Waals surface area contributed by atoms with E-state index in [-0.39, 0.29) is 6.54 Å². The molecular weight excluding hydrogens is 216 g/mol. The maximum Gasteiger partial charge on any atom is 0.325 e. The summed E-state index contributed by atoms with van der Waals surface area (Å²) in [5.41, 5.74) is 0.943. The number of rotatable bonds is 3. The van der Waals surface area contributed by atoms with Gasteiger partial charge >= 0.3 is 5.97 Å². The Morgan fingerprint density at radius 2 is 2.27 bits per heavy atom. The van der Waals surface area contributed by atoms with E-state index >= 15 is 0 Å². The van der Waals surface area contributed by atoms with Crippen molar-refractivity contribution in [3.05, 3.63) is 16.9 Å². The van der Waals surface area contributed by atoms with Gasteiger partial charge < -0.3 is 5.11 Å². The molecule has 0 amide bonds. The van der Waals surface area contributed by atoms with Crippen molar-refractivity contribution < 1.29 is 9.90 Å². The molecule has 0 radical (unpaired) electrons. The lowest BCUT2D eigenvalue weighted by atomic mass is 10.1. The molecule has 15 heavy (non-hydrogen) atoms. The molecule has 0 aliphatic heterocycles. The van der Waals surface area contributed by atoms with E-state index < -0.39 is 5.97 Å². The minimum absolute atomic E-state index is 0.161. The highest BCUT2D eigenvalue weighted by Gasteiger charge is 2.21. The van der Waals surface area contributed by atoms with E-state index in [9.17, 15) is 4.79 Å². The monoisotopic (exact) mass is 228 g/mol. The molecule has 0 atom stereocenters. The van der Waals surface area contributed by atoms with Gasteiger partial charge in [0, 0.05) is 5.92 Å². The fourth-order valence-corrected chi connectivity index (χ4v) is 2.28. The normalized spacial score (nSPS) is 17.1. The van der Waals surface area contributed by atoms with Gasteiger partial charge in [-0.2, -0.15) is 5.10 Å². The van der Waals surface area contributed by atoms with Crippen molar-refractivity contribution in [3.63, 3.8) is 0 Å². The van der Waals surface area contributed by atoms with Crippen LogP contribution in [-0.2, 0) is 11.3 Å². The lowest BCUT2D eigenvalue weighted by Gasteiger charge is -2.03. The van der Waals surface area contributed by atoms with Gasteiger partial charge in [0.15, 0.2) is 0 Å². The van der Waals surface area contributed by atoms with E-state index in [2.05, 4.69) is 5.10 Å². The topological polar surface area (TPSA) is 55.1 Å². The van der Waals surface area contributed by atoms with Gasteiger partial charge in [-0.3, -0.25) is 4.79 Å². The van der Waals surface area contributed by atoms with Crippen LogP contribution in [0.3, 0.4) is 0 Å². The van der Waals surface area contributed by atoms with Crippen molar-refractivity contribution in [1.82, 2.24) is 9.78 Å². The second-order valence-electron chi connectivity index (χ2n) is 3.92. The zero-order valence-electron chi connectivity index (χ0n) is 8.32. The van der Waals surface area contributed by atoms with Crippen LogP contribution >= 0.6 is 11.6 Å². The van der Waals surface area contributed by atoms with Gasteiger partial charge in [0.2, 0.25) is 0 Å². The zero-order chi connectivity index (χ0) is 10.8. The van der Waals surface area contributed by atoms with Gasteiger partial charge in [-0.1, -0.05) is 24.4 Å². The van der Waals surface area contributed by atoms with E-state index in [1.165, 1.54) is 17.5 Å². The third kappa shape index (κ3) is 2.31. The quantitative estimate of drug-likeness (QED) is 0.864. The van der Waals surface area contributed by atoms with E-state index in [4.69, 9.17) is 16.7 Å². The van der Waals surface area contributed by atoms with Gasteiger partial charge in [0.05, 0.1) is 5.69 Å². The predicted octanol–water partition coefficient (Wildman–Crippen LogP) is 2.28. The van der Waals surface area contributed by atoms with Crippen LogP contribution in [0.25, 0.3) is 0 Å². The van der Waals surface area contributed by atoms with Gasteiger partial charge in [0.25, 0.3) is 0 Å². The fourth-order valence-electron chi connectivity index (χ4n) is 2.07. The fraction of sp³-hybridized carbons (Fsp3) is 0.600. The Balaban J connectivity index is 2.16. The summed E-state index contributed by atoms with van der Waals surface area (Å²) < 4.78 is 1.34. The minimum atomic E-state index is -0.919. The number of aliphatic carboxylic acids is 1. The molecule has 5 heteroatoms. The molecular formula is C10H13ClN2O2. The molecule has 0 saturated heterocycles. The number of carboxylic acid groups (broad SMARTS) is 1. The Bertz CT molecular complexity index is 369. The standard InChI is InChI=1S/C10H13ClN2O2/c11-9-5-8(7-3-1-2-4-7)12-13(9)6-10(14)15/h5,7H,1-4,6H2,(H,14,15). The van der Waals surface area contributed by atoms with Crippen molar-refractivity contribution in [3.8, 4) is 0 Å². The highest BCUT2D eigenvalue weighted by molar-refractivity contribution is 6.29. The van der Waals surface area contributed by atoms with E-state index in [0.717, 1.165) is 18.5 Å². The average molecular weight is 229 g/mol. The summed E-state index contributed by atoms with van der Waals surface area (Å²) >= 11 is 5.90. The van der Waals surface area contributed by atoms with Gasteiger partial charge in [-0.25, -0.2) is 4.68 Å². The molecule has 82 valence electrons. The second kappa shape index (κ2) is 4.23. The maximum absolute atomic E-state index is 10.5. The number of aromatic nitrogens is 2. The number of hydrogen-bond acceptors (Lipinski definition) is 2. The van der Waals surface area contributed by atoms with Crippen LogP contribution in [0.2, 0.25) is 5.15 Å². The van der Waals surface area contributed by atoms with Crippen molar-refractivity contribution in [1.29, 1.82) is 0 Å². The minimum Gasteiger partial charge on any atom is -0.480 e. The molecule has 0 unspecified atom stereocenters. The highest BCUT2D eigenvalue weighted by Crippen LogP contribution is 2.34. The first-order valence-electron chi connectivity index (χ1n) is 5.12. The Hall–Kier alpha value is -1.03. The maximum atomic E-state index is 10.5. The largest absolute Gasteiger partial charge is 0.480 e. The summed E-state index contributed by atoms with van der Waals surface area (Å²) in [5.74, 6) is -0.449. The van der Waals surface area contributed by atoms with Crippen molar-refractivity contribution in [2.24, 2.45) is 0 Å². The highest BCUT2D eigenvalue weighted by atomic mass is 35.5. The molecule has 0 aromatic carbocycles. The average Bonchev–Trinajstić information content (AvgIpc) is 2.75. The molecule has 1 aliphatic rings. The van der Waals surface area contributed by atoms with Crippen LogP contribution in [0.5, 0.6) is 0 Å². The van der Waals surface area contributed by atoms with E-state index in [0.29, 0.717) is 11.1 Å². The predicted molar refractivity (Wildman–Crippen MR) is 56.1 cm³/mol. The third-order valence-corrected chi connectivity index (χ3v) is 3.11. The lowest BCUT2D eigenvalue weighted by molar-refractivity contribution is -0.137. The lowest BCUT2D eigenvalue weighted by Crippen LogP contribution is -2.10. The number of carbonyl (C=O) groups is 1. The van der Waals surface area contributed by atoms with E-state index in [1.807, 2.05) is 0 Å². The Morgan fingerprint density at radius 1 is 1.60 bits per heavy atom. The first-order chi connectivity index (χ1) is 7.16. The molecule has 1 N–H and O–H groups in total. The van der Waals surface area contributed by atoms with Crippen LogP contribution in [0.1, 0.15) is 37.3 Å². The van der Waals surface area contributed by atoms with Gasteiger partial charge in [-0.05, 0) is 18.9 Å². The van der Waals surface area contributed by atoms with Crippen LogP contribution in [0, 0.1) is 0 Å². The van der Waals surface area contributed by atoms with Gasteiger partial charge in [-0.15, -0.1) is 0 Å². The third-order valence-electron chi connectivity index (χ3n) is 2.81. The van der Waals surface area contributed by atoms with Crippen molar-refractivity contribution >= 4 is 17.6 Å². The Labute approximate surface area is 92.8 Å². The molecule has 1 aromatic rings. The summed E-state index contributed by atoms with van der Waals surface area (Å²) in [6.07, 6.45) is 4.74. The molecule has 2 rings (SSSR count). The van der Waals surface area contributed by atoms with Crippen LogP contribution < -0.4 is 0 Å². The molecule has 1 fully saturated rings. The van der Waals surface area contributed by atoms with Crippen molar-refractivity contribution in [2.75, 3.05) is 0 Å². The summed E-state index contributed by atoms with van der Waals surface area (Å²) in [6.45, 7) is -0.161. The number of halogens is 1. The summed E-state index contributed by atoms with van der Waals surface area (Å²) in [7, 11) is 0. The Morgan fingerprint density at radius 3 is 2.87 bits per heavy atom. The van der Waals surface area contributed by atoms with Crippen LogP contribution in [0.4, 0.5) is 0 Å². The number of carboxylic acids is 1. The zero-order valence-corrected chi connectivity index (χ0v) is 9.07. The molecule has 1 heterocycles. The molecule has 4 nitrogen and oxygen atoms in total. The number of nitrogens with zero attached hydrogens (tertiary/aromatic N) is 2. The van der Waals surface area contributed by atoms with Crippen molar-refractivity contribution in [2.45, 2.75) is 38.1 Å². The molecule has 0 bridgehead atoms. The smallest absolute Gasteiger partial charge is 0.325 e. The molecule has 0 spiro atoms. The van der Waals surface area contributed by atoms with Gasteiger partial charge in [0.1, 0.15) is 11.7 Å². The Kier molecular flexibility index (Phi) is 2.95. The molecule has 1 saturated carbocycles. The SMILES string of the molecule is O=C(O)Cn1nc(C2CCCC2)cc1Cl. The molecule has 1 aromatic heterocycles. The summed E-state index contributed by atoms with van der Waals surface area (Å²) in [5, 5.41) is 13.3. The first-order valence-corrected chi connectivity index (χ1v) is 5.49. The van der Waals surface area contributed by atoms with E-state index in [1.54, 1.807) is 6.07 Å². The van der Waals surface area contributed by atoms with Crippen LogP contribution in [0.15, 0.2) is 6.07 Å². The summed E-state index contributed by atoms with van der Waals surface area (Å²) in [4.78, 5) is 10.5. The first kappa shape index (κ1) is 10.5. The van der Waals surface area contributed by atoms with Crippen LogP contribution in [-0.4, -0.2) is 20.9 Å². The molecule has 1 aliphatic carbocycles. The second-order valence-corrected chi connectivity index (χ2v) is 4.31. The summed E-state index contributed by atoms with van der Waals surface area (Å²) in [6, 6.07) is 1.79. The number of hydrogen-bond donors (Lipinski definition) is 1.